The Morgan fingerprint density at radius 2 is 1.95 bits per heavy atom. The van der Waals surface area contributed by atoms with Crippen LogP contribution in [0.2, 0.25) is 0 Å². The van der Waals surface area contributed by atoms with E-state index in [0.717, 1.165) is 0 Å². The summed E-state index contributed by atoms with van der Waals surface area (Å²) in [5.41, 5.74) is 1.95. The number of nitrogens with one attached hydrogen (secondary N) is 1. The number of aryl methyl sites for hydroxylation is 1. The van der Waals surface area contributed by atoms with Gasteiger partial charge in [0.05, 0.1) is 0 Å². The Labute approximate surface area is 117 Å². The molecule has 1 saturated carbocycles. The molecular weight excluding hydrogens is 254 g/mol. The lowest BCUT2D eigenvalue weighted by molar-refractivity contribution is 0.102. The van der Waals surface area contributed by atoms with Crippen molar-refractivity contribution in [3.05, 3.63) is 35.4 Å². The summed E-state index contributed by atoms with van der Waals surface area (Å²) in [5.74, 6) is 0.811. The van der Waals surface area contributed by atoms with E-state index in [-0.39, 0.29) is 5.91 Å². The molecule has 1 aromatic heterocycles. The molecule has 1 aliphatic carbocycles. The number of carbonyl (C=O) groups is 1. The zero-order chi connectivity index (χ0) is 13.9. The summed E-state index contributed by atoms with van der Waals surface area (Å²) < 4.78 is 1.42. The predicted molar refractivity (Wildman–Crippen MR) is 74.4 cm³/mol. The fourth-order valence-electron chi connectivity index (χ4n) is 2.67. The molecule has 6 heteroatoms. The van der Waals surface area contributed by atoms with Crippen molar-refractivity contribution in [2.75, 3.05) is 5.32 Å². The molecule has 1 heterocycles. The highest BCUT2D eigenvalue weighted by Crippen LogP contribution is 2.33. The van der Waals surface area contributed by atoms with E-state index >= 15 is 0 Å². The lowest BCUT2D eigenvalue weighted by Crippen LogP contribution is -2.15. The molecule has 1 amide bonds. The van der Waals surface area contributed by atoms with Gasteiger partial charge in [0.1, 0.15) is 0 Å². The van der Waals surface area contributed by atoms with Crippen molar-refractivity contribution < 1.29 is 4.79 Å². The first-order chi connectivity index (χ1) is 9.74. The molecule has 20 heavy (non-hydrogen) atoms. The third-order valence-corrected chi connectivity index (χ3v) is 3.84. The summed E-state index contributed by atoms with van der Waals surface area (Å²) in [6.45, 7) is 0. The fraction of sp³-hybridized carbons (Fsp3) is 0.429. The number of hydrogen-bond acceptors (Lipinski definition) is 4. The summed E-state index contributed by atoms with van der Waals surface area (Å²) in [4.78, 5) is 12.1. The molecule has 3 rings (SSSR count). The molecule has 0 radical (unpaired) electrons. The molecule has 0 bridgehead atoms. The maximum Gasteiger partial charge on any atom is 0.258 e. The van der Waals surface area contributed by atoms with E-state index in [4.69, 9.17) is 0 Å². The van der Waals surface area contributed by atoms with Gasteiger partial charge in [0.15, 0.2) is 0 Å². The zero-order valence-corrected chi connectivity index (χ0v) is 11.4. The normalized spacial score (nSPS) is 15.4. The van der Waals surface area contributed by atoms with Gasteiger partial charge in [-0.2, -0.15) is 0 Å². The third kappa shape index (κ3) is 2.54. The number of nitrogens with zero attached hydrogens (tertiary/aromatic N) is 4. The second-order valence-corrected chi connectivity index (χ2v) is 5.18. The number of amides is 1. The first-order valence-electron chi connectivity index (χ1n) is 6.88. The van der Waals surface area contributed by atoms with Crippen LogP contribution in [0.25, 0.3) is 0 Å². The Kier molecular flexibility index (Phi) is 3.45. The van der Waals surface area contributed by atoms with Gasteiger partial charge in [0.25, 0.3) is 5.91 Å². The van der Waals surface area contributed by atoms with Gasteiger partial charge in [-0.1, -0.05) is 30.1 Å². The molecule has 0 aliphatic heterocycles. The van der Waals surface area contributed by atoms with E-state index in [1.54, 1.807) is 7.05 Å². The average molecular weight is 271 g/mol. The number of carbonyl (C=O) groups excluding carboxylic acids is 1. The van der Waals surface area contributed by atoms with E-state index < -0.39 is 0 Å². The largest absolute Gasteiger partial charge is 0.289 e. The van der Waals surface area contributed by atoms with Crippen LogP contribution >= 0.6 is 0 Å². The molecule has 1 fully saturated rings. The summed E-state index contributed by atoms with van der Waals surface area (Å²) in [6.07, 6.45) is 5.14. The second kappa shape index (κ2) is 5.40. The van der Waals surface area contributed by atoms with Crippen LogP contribution in [0.15, 0.2) is 24.3 Å². The molecular formula is C14H17N5O. The molecule has 0 saturated heterocycles. The van der Waals surface area contributed by atoms with Gasteiger partial charge >= 0.3 is 0 Å². The summed E-state index contributed by atoms with van der Waals surface area (Å²) in [7, 11) is 1.68. The molecule has 104 valence electrons. The van der Waals surface area contributed by atoms with Crippen molar-refractivity contribution >= 4 is 11.9 Å². The lowest BCUT2D eigenvalue weighted by atomic mass is 9.96. The van der Waals surface area contributed by atoms with Crippen LogP contribution < -0.4 is 5.32 Å². The van der Waals surface area contributed by atoms with Crippen LogP contribution in [0.1, 0.15) is 47.5 Å². The predicted octanol–water partition coefficient (Wildman–Crippen LogP) is 2.12. The minimum absolute atomic E-state index is 0.194. The number of hydrogen-bond donors (Lipinski definition) is 1. The maximum absolute atomic E-state index is 12.1. The van der Waals surface area contributed by atoms with Crippen molar-refractivity contribution in [1.82, 2.24) is 20.2 Å². The van der Waals surface area contributed by atoms with Crippen molar-refractivity contribution in [2.45, 2.75) is 31.6 Å². The molecule has 1 aliphatic rings. The highest BCUT2D eigenvalue weighted by molar-refractivity contribution is 6.03. The Bertz CT molecular complexity index is 598. The number of aromatic nitrogens is 4. The summed E-state index contributed by atoms with van der Waals surface area (Å²) >= 11 is 0. The Morgan fingerprint density at radius 1 is 1.25 bits per heavy atom. The average Bonchev–Trinajstić information content (AvgIpc) is 3.12. The van der Waals surface area contributed by atoms with Crippen molar-refractivity contribution in [3.63, 3.8) is 0 Å². The van der Waals surface area contributed by atoms with Crippen molar-refractivity contribution in [1.29, 1.82) is 0 Å². The van der Waals surface area contributed by atoms with Gasteiger partial charge in [0.2, 0.25) is 5.95 Å². The van der Waals surface area contributed by atoms with Crippen LogP contribution in [-0.2, 0) is 7.05 Å². The van der Waals surface area contributed by atoms with Crippen LogP contribution in [0.4, 0.5) is 5.95 Å². The third-order valence-electron chi connectivity index (χ3n) is 3.84. The monoisotopic (exact) mass is 271 g/mol. The highest BCUT2D eigenvalue weighted by atomic mass is 16.1. The van der Waals surface area contributed by atoms with Crippen LogP contribution in [0, 0.1) is 0 Å². The number of tetrazole rings is 1. The molecule has 0 atom stereocenters. The quantitative estimate of drug-likeness (QED) is 0.928. The van der Waals surface area contributed by atoms with E-state index in [9.17, 15) is 4.79 Å². The second-order valence-electron chi connectivity index (χ2n) is 5.18. The first kappa shape index (κ1) is 12.8. The Morgan fingerprint density at radius 3 is 2.55 bits per heavy atom. The van der Waals surface area contributed by atoms with E-state index in [1.165, 1.54) is 35.9 Å². The van der Waals surface area contributed by atoms with Crippen LogP contribution in [-0.4, -0.2) is 26.1 Å². The van der Waals surface area contributed by atoms with Gasteiger partial charge in [-0.15, -0.1) is 0 Å². The molecule has 1 N–H and O–H groups in total. The lowest BCUT2D eigenvalue weighted by Gasteiger charge is -2.10. The highest BCUT2D eigenvalue weighted by Gasteiger charge is 2.17. The summed E-state index contributed by atoms with van der Waals surface area (Å²) in [6, 6.07) is 7.85. The standard InChI is InChI=1S/C14H17N5O/c1-19-14(16-17-18-19)15-13(20)12-8-6-11(7-9-12)10-4-2-3-5-10/h6-10H,2-5H2,1H3,(H,15,16,18,20). The maximum atomic E-state index is 12.1. The van der Waals surface area contributed by atoms with Gasteiger partial charge in [-0.25, -0.2) is 4.68 Å². The van der Waals surface area contributed by atoms with Gasteiger partial charge < -0.3 is 0 Å². The molecule has 0 unspecified atom stereocenters. The molecule has 1 aromatic carbocycles. The van der Waals surface area contributed by atoms with Crippen LogP contribution in [0.5, 0.6) is 0 Å². The van der Waals surface area contributed by atoms with Gasteiger partial charge in [0, 0.05) is 12.6 Å². The van der Waals surface area contributed by atoms with E-state index in [0.29, 0.717) is 17.4 Å². The minimum Gasteiger partial charge on any atom is -0.289 e. The SMILES string of the molecule is Cn1nnnc1NC(=O)c1ccc(C2CCCC2)cc1. The number of anilines is 1. The smallest absolute Gasteiger partial charge is 0.258 e. The van der Waals surface area contributed by atoms with Gasteiger partial charge in [-0.3, -0.25) is 10.1 Å². The van der Waals surface area contributed by atoms with Crippen molar-refractivity contribution in [3.8, 4) is 0 Å². The topological polar surface area (TPSA) is 72.7 Å². The Balaban J connectivity index is 1.70. The number of benzene rings is 1. The van der Waals surface area contributed by atoms with Crippen molar-refractivity contribution in [2.24, 2.45) is 7.05 Å². The zero-order valence-electron chi connectivity index (χ0n) is 11.4. The fourth-order valence-corrected chi connectivity index (χ4v) is 2.67. The molecule has 2 aromatic rings. The molecule has 6 nitrogen and oxygen atoms in total. The Hall–Kier alpha value is -2.24. The summed E-state index contributed by atoms with van der Waals surface area (Å²) in [5, 5.41) is 13.6. The number of rotatable bonds is 3. The van der Waals surface area contributed by atoms with Crippen LogP contribution in [0.3, 0.4) is 0 Å². The first-order valence-corrected chi connectivity index (χ1v) is 6.88. The van der Waals surface area contributed by atoms with Gasteiger partial charge in [-0.05, 0) is 46.9 Å². The van der Waals surface area contributed by atoms with E-state index in [2.05, 4.69) is 33.0 Å². The van der Waals surface area contributed by atoms with E-state index in [1.807, 2.05) is 12.1 Å². The minimum atomic E-state index is -0.194. The molecule has 0 spiro atoms.